The van der Waals surface area contributed by atoms with E-state index in [1.54, 1.807) is 0 Å². The molecule has 1 unspecified atom stereocenters. The van der Waals surface area contributed by atoms with Gasteiger partial charge in [0.25, 0.3) is 0 Å². The van der Waals surface area contributed by atoms with Gasteiger partial charge < -0.3 is 14.6 Å². The summed E-state index contributed by atoms with van der Waals surface area (Å²) in [5.41, 5.74) is 0. The second kappa shape index (κ2) is 25.5. The van der Waals surface area contributed by atoms with E-state index in [1.165, 1.54) is 89.9 Å². The number of esters is 2. The second-order valence-electron chi connectivity index (χ2n) is 9.49. The molecule has 0 radical (unpaired) electrons. The molecule has 0 aliphatic rings. The molecule has 5 heteroatoms. The zero-order chi connectivity index (χ0) is 24.4. The average molecular weight is 471 g/mol. The van der Waals surface area contributed by atoms with Crippen molar-refractivity contribution in [1.82, 2.24) is 0 Å². The Kier molecular flexibility index (Phi) is 24.7. The number of carbonyl (C=O) groups excluding carboxylic acids is 2. The number of rotatable bonds is 25. The van der Waals surface area contributed by atoms with Crippen LogP contribution in [0.5, 0.6) is 0 Å². The largest absolute Gasteiger partial charge is 0.462 e. The smallest absolute Gasteiger partial charge is 0.306 e. The monoisotopic (exact) mass is 470 g/mol. The Morgan fingerprint density at radius 2 is 0.970 bits per heavy atom. The molecule has 0 amide bonds. The Hall–Kier alpha value is -1.10. The molecule has 5 nitrogen and oxygen atoms in total. The van der Waals surface area contributed by atoms with Gasteiger partial charge in [-0.2, -0.15) is 0 Å². The molecule has 0 bridgehead atoms. The number of carbonyl (C=O) groups is 2. The second-order valence-corrected chi connectivity index (χ2v) is 9.49. The van der Waals surface area contributed by atoms with Gasteiger partial charge in [0.1, 0.15) is 6.61 Å². The zero-order valence-electron chi connectivity index (χ0n) is 21.9. The average Bonchev–Trinajstić information content (AvgIpc) is 2.82. The van der Waals surface area contributed by atoms with Crippen LogP contribution in [0.4, 0.5) is 0 Å². The highest BCUT2D eigenvalue weighted by Gasteiger charge is 2.15. The fourth-order valence-corrected chi connectivity index (χ4v) is 3.94. The molecule has 0 saturated carbocycles. The molecule has 0 rings (SSSR count). The Morgan fingerprint density at radius 1 is 0.576 bits per heavy atom. The van der Waals surface area contributed by atoms with Crippen molar-refractivity contribution in [2.24, 2.45) is 0 Å². The molecule has 0 aromatic carbocycles. The minimum absolute atomic E-state index is 0.0656. The molecule has 0 aliphatic heterocycles. The number of aliphatic hydroxyl groups excluding tert-OH is 1. The first kappa shape index (κ1) is 31.9. The summed E-state index contributed by atoms with van der Waals surface area (Å²) >= 11 is 0. The number of unbranched alkanes of at least 4 members (excludes halogenated alkanes) is 17. The minimum Gasteiger partial charge on any atom is -0.462 e. The normalized spacial score (nSPS) is 12.0. The summed E-state index contributed by atoms with van der Waals surface area (Å²) < 4.78 is 10.3. The van der Waals surface area contributed by atoms with E-state index in [0.717, 1.165) is 32.1 Å². The van der Waals surface area contributed by atoms with Gasteiger partial charge in [-0.05, 0) is 12.8 Å². The van der Waals surface area contributed by atoms with E-state index in [-0.39, 0.29) is 25.2 Å². The van der Waals surface area contributed by atoms with E-state index >= 15 is 0 Å². The molecule has 0 fully saturated rings. The summed E-state index contributed by atoms with van der Waals surface area (Å²) in [4.78, 5) is 23.4. The molecule has 0 saturated heterocycles. The maximum Gasteiger partial charge on any atom is 0.306 e. The van der Waals surface area contributed by atoms with Crippen LogP contribution in [0.2, 0.25) is 0 Å². The van der Waals surface area contributed by atoms with Crippen LogP contribution >= 0.6 is 0 Å². The minimum atomic E-state index is -0.756. The Bertz CT molecular complexity index is 438. The van der Waals surface area contributed by atoms with Crippen molar-refractivity contribution >= 4 is 11.9 Å². The van der Waals surface area contributed by atoms with Crippen LogP contribution in [0.3, 0.4) is 0 Å². The highest BCUT2D eigenvalue weighted by molar-refractivity contribution is 5.70. The molecule has 0 aliphatic carbocycles. The first-order valence-corrected chi connectivity index (χ1v) is 14.1. The van der Waals surface area contributed by atoms with Crippen molar-refractivity contribution in [3.63, 3.8) is 0 Å². The zero-order valence-corrected chi connectivity index (χ0v) is 21.9. The predicted octanol–water partition coefficient (Wildman–Crippen LogP) is 7.67. The van der Waals surface area contributed by atoms with Crippen molar-refractivity contribution in [3.05, 3.63) is 0 Å². The third-order valence-electron chi connectivity index (χ3n) is 6.15. The van der Waals surface area contributed by atoms with Crippen LogP contribution in [-0.4, -0.2) is 36.4 Å². The van der Waals surface area contributed by atoms with Crippen molar-refractivity contribution in [2.45, 2.75) is 155 Å². The lowest BCUT2D eigenvalue weighted by Crippen LogP contribution is -2.28. The molecule has 0 aromatic heterocycles. The lowest BCUT2D eigenvalue weighted by molar-refractivity contribution is -0.161. The highest BCUT2D eigenvalue weighted by Crippen LogP contribution is 2.14. The van der Waals surface area contributed by atoms with Crippen LogP contribution in [0.1, 0.15) is 149 Å². The lowest BCUT2D eigenvalue weighted by atomic mass is 10.0. The quantitative estimate of drug-likeness (QED) is 0.109. The van der Waals surface area contributed by atoms with Crippen LogP contribution in [0.25, 0.3) is 0 Å². The molecule has 0 aromatic rings. The van der Waals surface area contributed by atoms with E-state index in [4.69, 9.17) is 9.47 Å². The number of hydrogen-bond acceptors (Lipinski definition) is 5. The SMILES string of the molecule is CCCCCCCCCCCCCCCCCCCC(=O)OC(CO)COC(=O)CCCC. The van der Waals surface area contributed by atoms with E-state index in [9.17, 15) is 14.7 Å². The van der Waals surface area contributed by atoms with E-state index in [0.29, 0.717) is 12.8 Å². The Balaban J connectivity index is 3.41. The molecular formula is C28H54O5. The first-order chi connectivity index (χ1) is 16.1. The Morgan fingerprint density at radius 3 is 1.39 bits per heavy atom. The van der Waals surface area contributed by atoms with Gasteiger partial charge in [-0.1, -0.05) is 123 Å². The number of hydrogen-bond donors (Lipinski definition) is 1. The molecule has 0 heterocycles. The Labute approximate surface area is 204 Å². The molecule has 196 valence electrons. The topological polar surface area (TPSA) is 72.8 Å². The van der Waals surface area contributed by atoms with Crippen LogP contribution in [0, 0.1) is 0 Å². The van der Waals surface area contributed by atoms with Gasteiger partial charge in [0.05, 0.1) is 6.61 Å². The third-order valence-corrected chi connectivity index (χ3v) is 6.15. The van der Waals surface area contributed by atoms with Crippen LogP contribution in [0.15, 0.2) is 0 Å². The van der Waals surface area contributed by atoms with E-state index in [2.05, 4.69) is 6.92 Å². The maximum absolute atomic E-state index is 11.9. The summed E-state index contributed by atoms with van der Waals surface area (Å²) in [7, 11) is 0. The van der Waals surface area contributed by atoms with E-state index in [1.807, 2.05) is 6.92 Å². The summed E-state index contributed by atoms with van der Waals surface area (Å²) in [6.45, 7) is 3.88. The van der Waals surface area contributed by atoms with Gasteiger partial charge in [0.15, 0.2) is 6.10 Å². The lowest BCUT2D eigenvalue weighted by Gasteiger charge is -2.15. The number of aliphatic hydroxyl groups is 1. The van der Waals surface area contributed by atoms with Gasteiger partial charge in [-0.3, -0.25) is 9.59 Å². The van der Waals surface area contributed by atoms with Crippen LogP contribution < -0.4 is 0 Å². The number of ether oxygens (including phenoxy) is 2. The fourth-order valence-electron chi connectivity index (χ4n) is 3.94. The van der Waals surface area contributed by atoms with Crippen molar-refractivity contribution in [3.8, 4) is 0 Å². The van der Waals surface area contributed by atoms with Gasteiger partial charge in [-0.15, -0.1) is 0 Å². The van der Waals surface area contributed by atoms with Gasteiger partial charge in [-0.25, -0.2) is 0 Å². The third kappa shape index (κ3) is 23.8. The fraction of sp³-hybridized carbons (Fsp3) is 0.929. The van der Waals surface area contributed by atoms with Crippen molar-refractivity contribution in [1.29, 1.82) is 0 Å². The maximum atomic E-state index is 11.9. The summed E-state index contributed by atoms with van der Waals surface area (Å²) in [6.07, 6.45) is 23.9. The van der Waals surface area contributed by atoms with E-state index < -0.39 is 6.10 Å². The van der Waals surface area contributed by atoms with Gasteiger partial charge in [0, 0.05) is 12.8 Å². The highest BCUT2D eigenvalue weighted by atomic mass is 16.6. The first-order valence-electron chi connectivity index (χ1n) is 14.1. The van der Waals surface area contributed by atoms with Crippen LogP contribution in [-0.2, 0) is 19.1 Å². The predicted molar refractivity (Wildman–Crippen MR) is 136 cm³/mol. The summed E-state index contributed by atoms with van der Waals surface area (Å²) in [6, 6.07) is 0. The van der Waals surface area contributed by atoms with Gasteiger partial charge in [0.2, 0.25) is 0 Å². The molecule has 1 N–H and O–H groups in total. The van der Waals surface area contributed by atoms with Crippen molar-refractivity contribution in [2.75, 3.05) is 13.2 Å². The standard InChI is InChI=1S/C28H54O5/c1-3-5-7-8-9-10-11-12-13-14-15-16-17-18-19-20-21-23-28(31)33-26(24-29)25-32-27(30)22-6-4-2/h26,29H,3-25H2,1-2H3. The summed E-state index contributed by atoms with van der Waals surface area (Å²) in [5.74, 6) is -0.626. The molecule has 0 spiro atoms. The summed E-state index contributed by atoms with van der Waals surface area (Å²) in [5, 5.41) is 9.32. The molecular weight excluding hydrogens is 416 g/mol. The molecule has 33 heavy (non-hydrogen) atoms. The van der Waals surface area contributed by atoms with Gasteiger partial charge >= 0.3 is 11.9 Å². The van der Waals surface area contributed by atoms with Crippen molar-refractivity contribution < 1.29 is 24.2 Å². The molecule has 1 atom stereocenters.